The Kier molecular flexibility index (Phi) is 7.97. The third-order valence-electron chi connectivity index (χ3n) is 2.40. The maximum Gasteiger partial charge on any atom is 0.0558 e. The largest absolute Gasteiger partial charge is 0.395 e. The van der Waals surface area contributed by atoms with Gasteiger partial charge in [0.2, 0.25) is 0 Å². The van der Waals surface area contributed by atoms with Gasteiger partial charge in [0.05, 0.1) is 6.61 Å². The molecule has 3 nitrogen and oxygen atoms in total. The lowest BCUT2D eigenvalue weighted by atomic mass is 10.2. The van der Waals surface area contributed by atoms with Crippen LogP contribution in [0.3, 0.4) is 0 Å². The van der Waals surface area contributed by atoms with E-state index in [0.717, 1.165) is 13.1 Å². The molecule has 0 amide bonds. The molecular formula is C11H21ClN2OS. The Balaban J connectivity index is 0.00000225. The molecular weight excluding hydrogens is 244 g/mol. The van der Waals surface area contributed by atoms with E-state index < -0.39 is 0 Å². The Hall–Kier alpha value is -0.130. The highest BCUT2D eigenvalue weighted by Crippen LogP contribution is 2.21. The molecule has 0 aliphatic heterocycles. The highest BCUT2D eigenvalue weighted by atomic mass is 35.5. The van der Waals surface area contributed by atoms with E-state index in [9.17, 15) is 0 Å². The van der Waals surface area contributed by atoms with Crippen LogP contribution in [0, 0.1) is 13.8 Å². The van der Waals surface area contributed by atoms with E-state index in [1.165, 1.54) is 15.3 Å². The summed E-state index contributed by atoms with van der Waals surface area (Å²) in [7, 11) is 0. The average Bonchev–Trinajstić information content (AvgIpc) is 2.46. The lowest BCUT2D eigenvalue weighted by Crippen LogP contribution is -2.31. The van der Waals surface area contributed by atoms with E-state index in [1.807, 2.05) is 11.3 Å². The minimum atomic E-state index is 0. The molecule has 0 unspecified atom stereocenters. The minimum Gasteiger partial charge on any atom is -0.395 e. The minimum absolute atomic E-state index is 0. The second kappa shape index (κ2) is 8.03. The van der Waals surface area contributed by atoms with Crippen molar-refractivity contribution in [2.24, 2.45) is 5.73 Å². The van der Waals surface area contributed by atoms with Crippen LogP contribution >= 0.6 is 23.7 Å². The summed E-state index contributed by atoms with van der Waals surface area (Å²) in [6.45, 7) is 7.55. The number of aryl methyl sites for hydroxylation is 2. The van der Waals surface area contributed by atoms with Crippen LogP contribution in [0.4, 0.5) is 0 Å². The summed E-state index contributed by atoms with van der Waals surface area (Å²) in [5.41, 5.74) is 6.90. The van der Waals surface area contributed by atoms with Crippen molar-refractivity contribution in [3.05, 3.63) is 21.4 Å². The first-order chi connectivity index (χ1) is 7.17. The molecule has 1 aromatic rings. The van der Waals surface area contributed by atoms with Crippen molar-refractivity contribution in [2.75, 3.05) is 26.2 Å². The lowest BCUT2D eigenvalue weighted by Gasteiger charge is -2.20. The Labute approximate surface area is 108 Å². The van der Waals surface area contributed by atoms with Crippen LogP contribution in [0.2, 0.25) is 0 Å². The maximum absolute atomic E-state index is 8.94. The van der Waals surface area contributed by atoms with Crippen molar-refractivity contribution in [3.63, 3.8) is 0 Å². The molecule has 94 valence electrons. The SMILES string of the molecule is Cc1cc(CN(CCN)CCO)c(C)s1.Cl. The normalized spacial score (nSPS) is 10.6. The third-order valence-corrected chi connectivity index (χ3v) is 3.41. The fourth-order valence-electron chi connectivity index (χ4n) is 1.68. The topological polar surface area (TPSA) is 49.5 Å². The summed E-state index contributed by atoms with van der Waals surface area (Å²) in [5, 5.41) is 8.94. The number of hydrogen-bond donors (Lipinski definition) is 2. The van der Waals surface area contributed by atoms with Gasteiger partial charge in [-0.3, -0.25) is 4.90 Å². The number of aliphatic hydroxyl groups is 1. The first-order valence-electron chi connectivity index (χ1n) is 5.26. The quantitative estimate of drug-likeness (QED) is 0.820. The zero-order chi connectivity index (χ0) is 11.3. The molecule has 0 aromatic carbocycles. The highest BCUT2D eigenvalue weighted by Gasteiger charge is 2.08. The van der Waals surface area contributed by atoms with Crippen molar-refractivity contribution in [3.8, 4) is 0 Å². The van der Waals surface area contributed by atoms with Gasteiger partial charge in [-0.25, -0.2) is 0 Å². The zero-order valence-corrected chi connectivity index (χ0v) is 11.5. The predicted molar refractivity (Wildman–Crippen MR) is 72.5 cm³/mol. The van der Waals surface area contributed by atoms with Crippen LogP contribution in [0.25, 0.3) is 0 Å². The van der Waals surface area contributed by atoms with Gasteiger partial charge in [0.15, 0.2) is 0 Å². The maximum atomic E-state index is 8.94. The van der Waals surface area contributed by atoms with Gasteiger partial charge in [-0.15, -0.1) is 23.7 Å². The molecule has 0 aliphatic carbocycles. The monoisotopic (exact) mass is 264 g/mol. The molecule has 1 rings (SSSR count). The highest BCUT2D eigenvalue weighted by molar-refractivity contribution is 7.12. The van der Waals surface area contributed by atoms with Crippen LogP contribution in [-0.4, -0.2) is 36.2 Å². The Bertz CT molecular complexity index is 298. The van der Waals surface area contributed by atoms with Gasteiger partial charge < -0.3 is 10.8 Å². The Morgan fingerprint density at radius 3 is 2.50 bits per heavy atom. The number of thiophene rings is 1. The molecule has 0 bridgehead atoms. The average molecular weight is 265 g/mol. The summed E-state index contributed by atoms with van der Waals surface area (Å²) < 4.78 is 0. The summed E-state index contributed by atoms with van der Waals surface area (Å²) in [5.74, 6) is 0. The van der Waals surface area contributed by atoms with Gasteiger partial charge >= 0.3 is 0 Å². The van der Waals surface area contributed by atoms with Crippen molar-refractivity contribution in [2.45, 2.75) is 20.4 Å². The molecule has 1 aromatic heterocycles. The standard InChI is InChI=1S/C11H20N2OS.ClH/c1-9-7-11(10(2)15-9)8-13(4-3-12)5-6-14;/h7,14H,3-6,8,12H2,1-2H3;1H. The van der Waals surface area contributed by atoms with Gasteiger partial charge in [0.25, 0.3) is 0 Å². The molecule has 0 atom stereocenters. The second-order valence-corrected chi connectivity index (χ2v) is 5.19. The molecule has 3 N–H and O–H groups in total. The summed E-state index contributed by atoms with van der Waals surface area (Å²) in [4.78, 5) is 4.90. The van der Waals surface area contributed by atoms with Gasteiger partial charge in [-0.2, -0.15) is 0 Å². The fraction of sp³-hybridized carbons (Fsp3) is 0.636. The van der Waals surface area contributed by atoms with E-state index >= 15 is 0 Å². The van der Waals surface area contributed by atoms with Gasteiger partial charge in [0, 0.05) is 35.9 Å². The third kappa shape index (κ3) is 4.80. The van der Waals surface area contributed by atoms with Crippen molar-refractivity contribution in [1.29, 1.82) is 0 Å². The van der Waals surface area contributed by atoms with Crippen LogP contribution in [0.1, 0.15) is 15.3 Å². The smallest absolute Gasteiger partial charge is 0.0558 e. The number of nitrogens with zero attached hydrogens (tertiary/aromatic N) is 1. The van der Waals surface area contributed by atoms with Gasteiger partial charge in [-0.1, -0.05) is 0 Å². The van der Waals surface area contributed by atoms with Crippen molar-refractivity contribution in [1.82, 2.24) is 4.90 Å². The van der Waals surface area contributed by atoms with E-state index in [1.54, 1.807) is 0 Å². The molecule has 5 heteroatoms. The molecule has 0 fully saturated rings. The van der Waals surface area contributed by atoms with Crippen LogP contribution in [-0.2, 0) is 6.54 Å². The molecule has 0 radical (unpaired) electrons. The second-order valence-electron chi connectivity index (χ2n) is 3.73. The summed E-state index contributed by atoms with van der Waals surface area (Å²) in [6.07, 6.45) is 0. The molecule has 16 heavy (non-hydrogen) atoms. The number of nitrogens with two attached hydrogens (primary N) is 1. The first-order valence-corrected chi connectivity index (χ1v) is 6.08. The van der Waals surface area contributed by atoms with Gasteiger partial charge in [-0.05, 0) is 25.5 Å². The number of hydrogen-bond acceptors (Lipinski definition) is 4. The lowest BCUT2D eigenvalue weighted by molar-refractivity contribution is 0.194. The Morgan fingerprint density at radius 2 is 2.06 bits per heavy atom. The van der Waals surface area contributed by atoms with Crippen molar-refractivity contribution >= 4 is 23.7 Å². The number of halogens is 1. The number of rotatable bonds is 6. The summed E-state index contributed by atoms with van der Waals surface area (Å²) >= 11 is 1.83. The summed E-state index contributed by atoms with van der Waals surface area (Å²) in [6, 6.07) is 2.22. The van der Waals surface area contributed by atoms with E-state index in [-0.39, 0.29) is 19.0 Å². The van der Waals surface area contributed by atoms with Crippen LogP contribution < -0.4 is 5.73 Å². The zero-order valence-electron chi connectivity index (χ0n) is 9.90. The van der Waals surface area contributed by atoms with E-state index in [2.05, 4.69) is 24.8 Å². The number of aliphatic hydroxyl groups excluding tert-OH is 1. The van der Waals surface area contributed by atoms with Crippen LogP contribution in [0.5, 0.6) is 0 Å². The molecule has 0 saturated heterocycles. The predicted octanol–water partition coefficient (Wildman–Crippen LogP) is 1.54. The van der Waals surface area contributed by atoms with E-state index in [0.29, 0.717) is 13.1 Å². The molecule has 1 heterocycles. The molecule has 0 aliphatic rings. The fourth-order valence-corrected chi connectivity index (χ4v) is 2.61. The Morgan fingerprint density at radius 1 is 1.38 bits per heavy atom. The van der Waals surface area contributed by atoms with E-state index in [4.69, 9.17) is 10.8 Å². The molecule has 0 spiro atoms. The van der Waals surface area contributed by atoms with Crippen LogP contribution in [0.15, 0.2) is 6.07 Å². The first kappa shape index (κ1) is 15.9. The van der Waals surface area contributed by atoms with Gasteiger partial charge in [0.1, 0.15) is 0 Å². The van der Waals surface area contributed by atoms with Crippen molar-refractivity contribution < 1.29 is 5.11 Å². The molecule has 0 saturated carbocycles.